The first-order valence-electron chi connectivity index (χ1n) is 16.1. The van der Waals surface area contributed by atoms with Crippen LogP contribution >= 0.6 is 0 Å². The summed E-state index contributed by atoms with van der Waals surface area (Å²) in [5, 5.41) is 10.5. The van der Waals surface area contributed by atoms with Crippen molar-refractivity contribution in [3.8, 4) is 33.5 Å². The highest BCUT2D eigenvalue weighted by molar-refractivity contribution is 6.25. The maximum absolute atomic E-state index is 6.57. The molecule has 0 aliphatic heterocycles. The molecule has 2 aromatic heterocycles. The summed E-state index contributed by atoms with van der Waals surface area (Å²) in [5.41, 5.74) is 9.70. The smallest absolute Gasteiger partial charge is 0.144 e. The van der Waals surface area contributed by atoms with E-state index in [-0.39, 0.29) is 0 Å². The summed E-state index contributed by atoms with van der Waals surface area (Å²) in [6.45, 7) is 0. The van der Waals surface area contributed by atoms with Crippen molar-refractivity contribution in [2.24, 2.45) is 0 Å². The molecule has 0 atom stereocenters. The number of para-hydroxylation sites is 2. The maximum Gasteiger partial charge on any atom is 0.144 e. The second kappa shape index (κ2) is 10.1. The molecule has 0 aliphatic rings. The number of rotatable bonds is 3. The lowest BCUT2D eigenvalue weighted by molar-refractivity contribution is 0.673. The van der Waals surface area contributed by atoms with Crippen molar-refractivity contribution in [1.29, 1.82) is 0 Å². The molecule has 2 heterocycles. The third kappa shape index (κ3) is 3.89. The monoisotopic (exact) mass is 597 g/mol. The molecule has 0 N–H and O–H groups in total. The SMILES string of the molecule is c1ccc(-c2c3ccccc3c(-c3cccc(-c4nc5ccccc5c5c4ccc4c6ccccc6oc45)c3)c3ccccc23)cc1. The van der Waals surface area contributed by atoms with Crippen LogP contribution in [0.5, 0.6) is 0 Å². The fraction of sp³-hybridized carbons (Fsp3) is 0. The number of hydrogen-bond acceptors (Lipinski definition) is 2. The van der Waals surface area contributed by atoms with E-state index in [1.807, 2.05) is 12.1 Å². The van der Waals surface area contributed by atoms with E-state index < -0.39 is 0 Å². The first-order valence-corrected chi connectivity index (χ1v) is 16.1. The van der Waals surface area contributed by atoms with Gasteiger partial charge in [-0.1, -0.05) is 140 Å². The molecule has 0 spiro atoms. The summed E-state index contributed by atoms with van der Waals surface area (Å²) < 4.78 is 6.57. The van der Waals surface area contributed by atoms with Crippen LogP contribution in [0.1, 0.15) is 0 Å². The number of hydrogen-bond donors (Lipinski definition) is 0. The minimum atomic E-state index is 0.900. The zero-order valence-electron chi connectivity index (χ0n) is 25.4. The third-order valence-electron chi connectivity index (χ3n) is 9.63. The summed E-state index contributed by atoms with van der Waals surface area (Å²) in [6.07, 6.45) is 0. The summed E-state index contributed by atoms with van der Waals surface area (Å²) in [4.78, 5) is 5.31. The minimum absolute atomic E-state index is 0.900. The number of nitrogens with zero attached hydrogens (tertiary/aromatic N) is 1. The first kappa shape index (κ1) is 26.0. The van der Waals surface area contributed by atoms with Crippen LogP contribution in [0.4, 0.5) is 0 Å². The van der Waals surface area contributed by atoms with Gasteiger partial charge in [0.15, 0.2) is 0 Å². The lowest BCUT2D eigenvalue weighted by atomic mass is 9.85. The molecular formula is C45H27NO. The Balaban J connectivity index is 1.27. The minimum Gasteiger partial charge on any atom is -0.455 e. The Morgan fingerprint density at radius 1 is 0.362 bits per heavy atom. The van der Waals surface area contributed by atoms with E-state index in [9.17, 15) is 0 Å². The van der Waals surface area contributed by atoms with E-state index in [0.717, 1.165) is 54.9 Å². The fourth-order valence-corrected chi connectivity index (χ4v) is 7.61. The summed E-state index contributed by atoms with van der Waals surface area (Å²) in [7, 11) is 0. The Morgan fingerprint density at radius 2 is 0.894 bits per heavy atom. The van der Waals surface area contributed by atoms with Gasteiger partial charge in [-0.15, -0.1) is 0 Å². The van der Waals surface area contributed by atoms with Crippen molar-refractivity contribution in [3.63, 3.8) is 0 Å². The third-order valence-corrected chi connectivity index (χ3v) is 9.63. The van der Waals surface area contributed by atoms with Crippen LogP contribution in [0.15, 0.2) is 168 Å². The zero-order valence-corrected chi connectivity index (χ0v) is 25.4. The number of fused-ring (bicyclic) bond motifs is 9. The van der Waals surface area contributed by atoms with E-state index >= 15 is 0 Å². The standard InChI is InChI=1S/C45H27NO/c1-2-13-28(14-3-1)41-32-18-4-6-20-34(32)42(35-21-7-5-19-33(35)41)29-15-12-16-30(27-29)44-38-26-25-36-31-17-9-11-24-40(31)47-45(36)43(38)37-22-8-10-23-39(37)46-44/h1-27H. The van der Waals surface area contributed by atoms with Crippen molar-refractivity contribution < 1.29 is 4.42 Å². The highest BCUT2D eigenvalue weighted by Crippen LogP contribution is 2.45. The number of furan rings is 1. The highest BCUT2D eigenvalue weighted by atomic mass is 16.3. The molecule has 0 bridgehead atoms. The predicted molar refractivity (Wildman–Crippen MR) is 198 cm³/mol. The van der Waals surface area contributed by atoms with Crippen molar-refractivity contribution in [3.05, 3.63) is 164 Å². The number of aromatic nitrogens is 1. The average Bonchev–Trinajstić information content (AvgIpc) is 3.53. The van der Waals surface area contributed by atoms with Crippen LogP contribution in [-0.2, 0) is 0 Å². The number of pyridine rings is 1. The molecule has 47 heavy (non-hydrogen) atoms. The van der Waals surface area contributed by atoms with Gasteiger partial charge in [-0.3, -0.25) is 0 Å². The molecule has 0 saturated carbocycles. The maximum atomic E-state index is 6.57. The van der Waals surface area contributed by atoms with Gasteiger partial charge in [-0.2, -0.15) is 0 Å². The predicted octanol–water partition coefficient (Wildman–Crippen LogP) is 12.6. The van der Waals surface area contributed by atoms with E-state index in [1.54, 1.807) is 0 Å². The lowest BCUT2D eigenvalue weighted by Crippen LogP contribution is -1.93. The van der Waals surface area contributed by atoms with E-state index in [1.165, 1.54) is 43.8 Å². The van der Waals surface area contributed by atoms with Crippen LogP contribution < -0.4 is 0 Å². The van der Waals surface area contributed by atoms with Crippen molar-refractivity contribution in [2.45, 2.75) is 0 Å². The lowest BCUT2D eigenvalue weighted by Gasteiger charge is -2.18. The van der Waals surface area contributed by atoms with Crippen LogP contribution in [0.3, 0.4) is 0 Å². The van der Waals surface area contributed by atoms with Gasteiger partial charge in [-0.05, 0) is 68.1 Å². The zero-order chi connectivity index (χ0) is 30.9. The van der Waals surface area contributed by atoms with Crippen LogP contribution in [0.2, 0.25) is 0 Å². The molecule has 0 fully saturated rings. The Hall–Kier alpha value is -6.25. The quantitative estimate of drug-likeness (QED) is 0.150. The molecule has 2 nitrogen and oxygen atoms in total. The van der Waals surface area contributed by atoms with Gasteiger partial charge < -0.3 is 4.42 Å². The van der Waals surface area contributed by atoms with E-state index in [4.69, 9.17) is 9.40 Å². The summed E-state index contributed by atoms with van der Waals surface area (Å²) in [5.74, 6) is 0. The van der Waals surface area contributed by atoms with Gasteiger partial charge in [-0.25, -0.2) is 4.98 Å². The van der Waals surface area contributed by atoms with Crippen LogP contribution in [0.25, 0.3) is 98.7 Å². The molecule has 218 valence electrons. The van der Waals surface area contributed by atoms with Gasteiger partial charge in [0.1, 0.15) is 11.2 Å². The molecule has 2 heteroatoms. The van der Waals surface area contributed by atoms with Gasteiger partial charge in [0, 0.05) is 32.5 Å². The molecule has 0 radical (unpaired) electrons. The molecule has 10 rings (SSSR count). The Labute approximate surface area is 271 Å². The van der Waals surface area contributed by atoms with E-state index in [2.05, 4.69) is 152 Å². The highest BCUT2D eigenvalue weighted by Gasteiger charge is 2.19. The fourth-order valence-electron chi connectivity index (χ4n) is 7.61. The molecule has 0 unspecified atom stereocenters. The molecule has 10 aromatic rings. The van der Waals surface area contributed by atoms with Gasteiger partial charge in [0.25, 0.3) is 0 Å². The van der Waals surface area contributed by atoms with Crippen molar-refractivity contribution in [2.75, 3.05) is 0 Å². The normalized spacial score (nSPS) is 11.8. The topological polar surface area (TPSA) is 26.0 Å². The van der Waals surface area contributed by atoms with Gasteiger partial charge in [0.05, 0.1) is 11.2 Å². The molecular weight excluding hydrogens is 571 g/mol. The van der Waals surface area contributed by atoms with Crippen molar-refractivity contribution in [1.82, 2.24) is 4.98 Å². The summed E-state index contributed by atoms with van der Waals surface area (Å²) >= 11 is 0. The first-order chi connectivity index (χ1) is 23.3. The largest absolute Gasteiger partial charge is 0.455 e. The number of benzene rings is 8. The van der Waals surface area contributed by atoms with Crippen molar-refractivity contribution >= 4 is 65.2 Å². The van der Waals surface area contributed by atoms with Crippen LogP contribution in [-0.4, -0.2) is 4.98 Å². The Morgan fingerprint density at radius 3 is 1.62 bits per heavy atom. The molecule has 0 saturated heterocycles. The summed E-state index contributed by atoms with van der Waals surface area (Å²) in [6, 6.07) is 58.4. The molecule has 0 aliphatic carbocycles. The molecule has 8 aromatic carbocycles. The second-order valence-corrected chi connectivity index (χ2v) is 12.2. The average molecular weight is 598 g/mol. The second-order valence-electron chi connectivity index (χ2n) is 12.2. The van der Waals surface area contributed by atoms with Crippen LogP contribution in [0, 0.1) is 0 Å². The molecule has 0 amide bonds. The Kier molecular flexibility index (Phi) is 5.61. The Bertz CT molecular complexity index is 2790. The van der Waals surface area contributed by atoms with E-state index in [0.29, 0.717) is 0 Å². The van der Waals surface area contributed by atoms with Gasteiger partial charge >= 0.3 is 0 Å². The van der Waals surface area contributed by atoms with Gasteiger partial charge in [0.2, 0.25) is 0 Å².